The van der Waals surface area contributed by atoms with Gasteiger partial charge >= 0.3 is 0 Å². The van der Waals surface area contributed by atoms with Crippen molar-refractivity contribution in [2.24, 2.45) is 4.36 Å². The van der Waals surface area contributed by atoms with Crippen molar-refractivity contribution in [3.8, 4) is 5.75 Å². The maximum Gasteiger partial charge on any atom is 0.248 e. The Morgan fingerprint density at radius 2 is 1.85 bits per heavy atom. The first-order chi connectivity index (χ1) is 19.3. The lowest BCUT2D eigenvalue weighted by molar-refractivity contribution is -0.141. The van der Waals surface area contributed by atoms with Crippen LogP contribution in [0.2, 0.25) is 0 Å². The summed E-state index contributed by atoms with van der Waals surface area (Å²) in [5.74, 6) is -2.22. The van der Waals surface area contributed by atoms with Gasteiger partial charge in [0.1, 0.15) is 27.3 Å². The van der Waals surface area contributed by atoms with Gasteiger partial charge in [0.05, 0.1) is 24.3 Å². The van der Waals surface area contributed by atoms with E-state index in [9.17, 15) is 17.8 Å². The van der Waals surface area contributed by atoms with Crippen molar-refractivity contribution < 1.29 is 26.9 Å². The summed E-state index contributed by atoms with van der Waals surface area (Å²) in [4.78, 5) is 16.7. The largest absolute Gasteiger partial charge is 0.497 e. The number of carbonyl (C=O) groups is 1. The minimum absolute atomic E-state index is 0.0163. The highest BCUT2D eigenvalue weighted by Crippen LogP contribution is 2.38. The fourth-order valence-electron chi connectivity index (χ4n) is 5.88. The maximum absolute atomic E-state index is 14.7. The molecule has 3 fully saturated rings. The quantitative estimate of drug-likeness (QED) is 0.313. The summed E-state index contributed by atoms with van der Waals surface area (Å²) in [5, 5.41) is 0.960. The molecular formula is C30H35F2N3O4S. The molecule has 2 aromatic carbocycles. The van der Waals surface area contributed by atoms with Gasteiger partial charge in [-0.15, -0.1) is 0 Å². The molecule has 0 N–H and O–H groups in total. The number of carbonyl (C=O) groups excluding carboxylic acids is 1. The lowest BCUT2D eigenvalue weighted by Gasteiger charge is -2.39. The van der Waals surface area contributed by atoms with Crippen LogP contribution < -0.4 is 4.74 Å². The summed E-state index contributed by atoms with van der Waals surface area (Å²) in [6.45, 7) is 0.756. The van der Waals surface area contributed by atoms with Crippen LogP contribution >= 0.6 is 0 Å². The molecule has 214 valence electrons. The van der Waals surface area contributed by atoms with Gasteiger partial charge in [-0.3, -0.25) is 4.79 Å². The Hall–Kier alpha value is -2.98. The molecule has 40 heavy (non-hydrogen) atoms. The van der Waals surface area contributed by atoms with Gasteiger partial charge in [0.15, 0.2) is 0 Å². The normalized spacial score (nSPS) is 23.1. The van der Waals surface area contributed by atoms with E-state index in [4.69, 9.17) is 13.5 Å². The Kier molecular flexibility index (Phi) is 7.33. The third-order valence-corrected chi connectivity index (χ3v) is 10.8. The van der Waals surface area contributed by atoms with Crippen LogP contribution in [-0.2, 0) is 21.3 Å². The monoisotopic (exact) mass is 571 g/mol. The van der Waals surface area contributed by atoms with Crippen LogP contribution in [-0.4, -0.2) is 57.0 Å². The highest BCUT2D eigenvalue weighted by atomic mass is 32.2. The molecule has 2 saturated carbocycles. The van der Waals surface area contributed by atoms with E-state index in [2.05, 4.69) is 0 Å². The van der Waals surface area contributed by atoms with Crippen LogP contribution in [0, 0.1) is 0 Å². The van der Waals surface area contributed by atoms with E-state index in [1.807, 2.05) is 24.3 Å². The molecule has 1 aliphatic heterocycles. The summed E-state index contributed by atoms with van der Waals surface area (Å²) in [7, 11) is -1.48. The number of amides is 1. The third-order valence-electron chi connectivity index (χ3n) is 8.30. The average molecular weight is 572 g/mol. The Morgan fingerprint density at radius 3 is 2.55 bits per heavy atom. The summed E-state index contributed by atoms with van der Waals surface area (Å²) in [5.41, 5.74) is 1.59. The zero-order chi connectivity index (χ0) is 27.9. The van der Waals surface area contributed by atoms with E-state index in [-0.39, 0.29) is 50.2 Å². The van der Waals surface area contributed by atoms with Gasteiger partial charge in [-0.2, -0.15) is 0 Å². The Morgan fingerprint density at radius 1 is 1.10 bits per heavy atom. The lowest BCUT2D eigenvalue weighted by atomic mass is 9.90. The number of fused-ring (bicyclic) bond motifs is 1. The Labute approximate surface area is 233 Å². The summed E-state index contributed by atoms with van der Waals surface area (Å²) in [6.07, 6.45) is 4.62. The van der Waals surface area contributed by atoms with E-state index >= 15 is 0 Å². The molecule has 1 unspecified atom stereocenters. The number of alkyl halides is 2. The number of hydrogen-bond donors (Lipinski definition) is 0. The number of nitrogens with zero attached hydrogens (tertiary/aromatic N) is 3. The van der Waals surface area contributed by atoms with Gasteiger partial charge in [0.25, 0.3) is 0 Å². The number of halogens is 2. The molecule has 6 rings (SSSR count). The second-order valence-electron chi connectivity index (χ2n) is 11.2. The fraction of sp³-hybridized carbons (Fsp3) is 0.500. The first-order valence-electron chi connectivity index (χ1n) is 14.1. The van der Waals surface area contributed by atoms with Gasteiger partial charge < -0.3 is 14.1 Å². The van der Waals surface area contributed by atoms with Gasteiger partial charge in [0, 0.05) is 37.4 Å². The fourth-order valence-corrected chi connectivity index (χ4v) is 8.42. The molecule has 1 saturated heterocycles. The van der Waals surface area contributed by atoms with Crippen molar-refractivity contribution in [3.05, 3.63) is 60.4 Å². The lowest BCUT2D eigenvalue weighted by Crippen LogP contribution is -2.52. The molecule has 0 bridgehead atoms. The molecule has 2 aliphatic carbocycles. The molecule has 0 spiro atoms. The van der Waals surface area contributed by atoms with Crippen LogP contribution in [0.25, 0.3) is 11.0 Å². The highest BCUT2D eigenvalue weighted by Gasteiger charge is 2.44. The van der Waals surface area contributed by atoms with Crippen LogP contribution in [0.3, 0.4) is 0 Å². The average Bonchev–Trinajstić information content (AvgIpc) is 3.41. The standard InChI is InChI=1S/C30H35F2N3O4S/c1-38-25-8-10-26(11-9-25)40(37,33-23-6-7-23)35-17-2-3-27(35)29(36)34(24-12-15-30(31,32)16-13-24)20-21-4-5-22-14-18-39-28(22)19-21/h4-5,8-11,14,18-19,23-24,27H,2-3,6-7,12-13,15-17,20H2,1H3/t27-,40?/m0/s1. The van der Waals surface area contributed by atoms with Crippen molar-refractivity contribution in [1.29, 1.82) is 0 Å². The molecule has 0 radical (unpaired) electrons. The van der Waals surface area contributed by atoms with E-state index in [0.29, 0.717) is 35.6 Å². The van der Waals surface area contributed by atoms with Crippen molar-refractivity contribution in [1.82, 2.24) is 9.21 Å². The number of ether oxygens (including phenoxy) is 1. The van der Waals surface area contributed by atoms with Crippen molar-refractivity contribution in [2.75, 3.05) is 13.7 Å². The SMILES string of the molecule is COc1ccc(S(=O)(=NC2CC2)N2CCC[C@H]2C(=O)N(Cc2ccc3ccoc3c2)C2CCC(F)(F)CC2)cc1. The van der Waals surface area contributed by atoms with E-state index < -0.39 is 21.9 Å². The molecular weight excluding hydrogens is 536 g/mol. The van der Waals surface area contributed by atoms with E-state index in [0.717, 1.165) is 23.8 Å². The van der Waals surface area contributed by atoms with Gasteiger partial charge in [-0.05, 0) is 80.5 Å². The Balaban J connectivity index is 1.33. The van der Waals surface area contributed by atoms with Crippen molar-refractivity contribution in [2.45, 2.75) is 86.9 Å². The third kappa shape index (κ3) is 5.48. The molecule has 1 aromatic heterocycles. The first-order valence-corrected chi connectivity index (χ1v) is 15.5. The van der Waals surface area contributed by atoms with Crippen LogP contribution in [0.1, 0.15) is 56.9 Å². The molecule has 3 aromatic rings. The van der Waals surface area contributed by atoms with Gasteiger partial charge in [-0.25, -0.2) is 21.7 Å². The number of benzene rings is 2. The van der Waals surface area contributed by atoms with E-state index in [1.54, 1.807) is 46.8 Å². The Bertz CT molecular complexity index is 1480. The number of rotatable bonds is 8. The van der Waals surface area contributed by atoms with Crippen molar-refractivity contribution in [3.63, 3.8) is 0 Å². The van der Waals surface area contributed by atoms with Crippen LogP contribution in [0.5, 0.6) is 5.75 Å². The summed E-state index contributed by atoms with van der Waals surface area (Å²) in [6, 6.07) is 13.8. The topological polar surface area (TPSA) is 75.3 Å². The van der Waals surface area contributed by atoms with Crippen LogP contribution in [0.15, 0.2) is 68.5 Å². The molecule has 7 nitrogen and oxygen atoms in total. The zero-order valence-corrected chi connectivity index (χ0v) is 23.5. The summed E-state index contributed by atoms with van der Waals surface area (Å²) >= 11 is 0. The van der Waals surface area contributed by atoms with Crippen molar-refractivity contribution >= 4 is 26.8 Å². The highest BCUT2D eigenvalue weighted by molar-refractivity contribution is 7.91. The molecule has 10 heteroatoms. The summed E-state index contributed by atoms with van der Waals surface area (Å²) < 4.78 is 60.4. The molecule has 3 aliphatic rings. The molecule has 1 amide bonds. The number of furan rings is 1. The molecule has 2 atom stereocenters. The minimum Gasteiger partial charge on any atom is -0.497 e. The van der Waals surface area contributed by atoms with Gasteiger partial charge in [0.2, 0.25) is 11.8 Å². The smallest absolute Gasteiger partial charge is 0.248 e. The zero-order valence-electron chi connectivity index (χ0n) is 22.6. The first kappa shape index (κ1) is 27.2. The molecule has 2 heterocycles. The number of methoxy groups -OCH3 is 1. The van der Waals surface area contributed by atoms with Gasteiger partial charge in [-0.1, -0.05) is 12.1 Å². The second kappa shape index (κ2) is 10.8. The maximum atomic E-state index is 14.7. The number of hydrogen-bond acceptors (Lipinski definition) is 5. The second-order valence-corrected chi connectivity index (χ2v) is 13.3. The predicted octanol–water partition coefficient (Wildman–Crippen LogP) is 6.42. The predicted molar refractivity (Wildman–Crippen MR) is 149 cm³/mol. The minimum atomic E-state index is -3.06. The van der Waals surface area contributed by atoms with E-state index in [1.165, 1.54) is 0 Å². The van der Waals surface area contributed by atoms with Crippen LogP contribution in [0.4, 0.5) is 8.78 Å².